The number of aromatic nitrogens is 1. The van der Waals surface area contributed by atoms with Gasteiger partial charge in [-0.25, -0.2) is 4.99 Å². The van der Waals surface area contributed by atoms with Crippen molar-refractivity contribution in [3.05, 3.63) is 36.0 Å². The fourth-order valence-electron chi connectivity index (χ4n) is 2.35. The van der Waals surface area contributed by atoms with E-state index in [4.69, 9.17) is 9.47 Å². The SMILES string of the molecule is CCNC(=NCc1cc2ccccc2[nH]1)NCCCOCCOC. The third kappa shape index (κ3) is 6.22. The number of fused-ring (bicyclic) bond motifs is 1. The number of hydrogen-bond donors (Lipinski definition) is 3. The van der Waals surface area contributed by atoms with Gasteiger partial charge < -0.3 is 25.1 Å². The van der Waals surface area contributed by atoms with E-state index in [0.717, 1.165) is 43.3 Å². The summed E-state index contributed by atoms with van der Waals surface area (Å²) in [5, 5.41) is 7.81. The Morgan fingerprint density at radius 3 is 2.83 bits per heavy atom. The average Bonchev–Trinajstić information content (AvgIpc) is 3.01. The topological polar surface area (TPSA) is 70.7 Å². The van der Waals surface area contributed by atoms with Crippen LogP contribution in [-0.4, -0.2) is 51.0 Å². The molecule has 132 valence electrons. The van der Waals surface area contributed by atoms with Crippen LogP contribution in [0.25, 0.3) is 10.9 Å². The van der Waals surface area contributed by atoms with E-state index >= 15 is 0 Å². The summed E-state index contributed by atoms with van der Waals surface area (Å²) in [6, 6.07) is 10.4. The molecule has 1 aromatic heterocycles. The second kappa shape index (κ2) is 10.7. The van der Waals surface area contributed by atoms with Gasteiger partial charge in [0, 0.05) is 38.0 Å². The van der Waals surface area contributed by atoms with Crippen LogP contribution in [0.4, 0.5) is 0 Å². The van der Waals surface area contributed by atoms with Crippen LogP contribution in [-0.2, 0) is 16.0 Å². The van der Waals surface area contributed by atoms with Crippen LogP contribution in [0.3, 0.4) is 0 Å². The first kappa shape index (κ1) is 18.3. The monoisotopic (exact) mass is 332 g/mol. The lowest BCUT2D eigenvalue weighted by Gasteiger charge is -2.11. The van der Waals surface area contributed by atoms with E-state index in [1.807, 2.05) is 12.1 Å². The van der Waals surface area contributed by atoms with E-state index in [-0.39, 0.29) is 0 Å². The number of hydrogen-bond acceptors (Lipinski definition) is 3. The van der Waals surface area contributed by atoms with E-state index in [0.29, 0.717) is 19.8 Å². The highest BCUT2D eigenvalue weighted by atomic mass is 16.5. The third-order valence-electron chi connectivity index (χ3n) is 3.53. The fourth-order valence-corrected chi connectivity index (χ4v) is 2.35. The molecule has 0 unspecified atom stereocenters. The van der Waals surface area contributed by atoms with Gasteiger partial charge in [-0.3, -0.25) is 0 Å². The molecule has 24 heavy (non-hydrogen) atoms. The molecule has 0 saturated heterocycles. The zero-order valence-corrected chi connectivity index (χ0v) is 14.6. The summed E-state index contributed by atoms with van der Waals surface area (Å²) in [6.07, 6.45) is 0.931. The van der Waals surface area contributed by atoms with Gasteiger partial charge in [-0.1, -0.05) is 18.2 Å². The molecule has 2 aromatic rings. The highest BCUT2D eigenvalue weighted by Crippen LogP contribution is 2.14. The highest BCUT2D eigenvalue weighted by Gasteiger charge is 2.01. The molecule has 1 aromatic carbocycles. The fraction of sp³-hybridized carbons (Fsp3) is 0.500. The number of ether oxygens (including phenoxy) is 2. The molecule has 0 amide bonds. The molecule has 0 aliphatic carbocycles. The number of guanidine groups is 1. The molecule has 0 spiro atoms. The average molecular weight is 332 g/mol. The smallest absolute Gasteiger partial charge is 0.191 e. The minimum atomic E-state index is 0.619. The third-order valence-corrected chi connectivity index (χ3v) is 3.53. The molecule has 6 heteroatoms. The zero-order chi connectivity index (χ0) is 17.0. The summed E-state index contributed by atoms with van der Waals surface area (Å²) >= 11 is 0. The van der Waals surface area contributed by atoms with Crippen LogP contribution >= 0.6 is 0 Å². The van der Waals surface area contributed by atoms with Crippen LogP contribution in [0.2, 0.25) is 0 Å². The Bertz CT molecular complexity index is 591. The van der Waals surface area contributed by atoms with Crippen molar-refractivity contribution < 1.29 is 9.47 Å². The summed E-state index contributed by atoms with van der Waals surface area (Å²) in [6.45, 7) is 6.35. The minimum Gasteiger partial charge on any atom is -0.382 e. The number of nitrogens with one attached hydrogen (secondary N) is 3. The summed E-state index contributed by atoms with van der Waals surface area (Å²) in [5.74, 6) is 0.827. The molecule has 0 bridgehead atoms. The summed E-state index contributed by atoms with van der Waals surface area (Å²) in [7, 11) is 1.68. The van der Waals surface area contributed by atoms with Crippen molar-refractivity contribution >= 4 is 16.9 Å². The molecular weight excluding hydrogens is 304 g/mol. The van der Waals surface area contributed by atoms with Crippen LogP contribution < -0.4 is 10.6 Å². The summed E-state index contributed by atoms with van der Waals surface area (Å²) < 4.78 is 10.4. The lowest BCUT2D eigenvalue weighted by Crippen LogP contribution is -2.38. The van der Waals surface area contributed by atoms with E-state index in [2.05, 4.69) is 45.7 Å². The van der Waals surface area contributed by atoms with E-state index in [1.165, 1.54) is 5.39 Å². The Kier molecular flexibility index (Phi) is 8.13. The number of rotatable bonds is 10. The van der Waals surface area contributed by atoms with Gasteiger partial charge in [0.25, 0.3) is 0 Å². The van der Waals surface area contributed by atoms with Gasteiger partial charge in [0.05, 0.1) is 19.8 Å². The van der Waals surface area contributed by atoms with Crippen LogP contribution in [0.5, 0.6) is 0 Å². The van der Waals surface area contributed by atoms with Gasteiger partial charge in [-0.05, 0) is 30.9 Å². The standard InChI is InChI=1S/C18H28N4O2/c1-3-19-18(20-9-6-10-24-12-11-23-2)21-14-16-13-15-7-4-5-8-17(15)22-16/h4-5,7-8,13,22H,3,6,9-12,14H2,1-2H3,(H2,19,20,21). The lowest BCUT2D eigenvalue weighted by molar-refractivity contribution is 0.0698. The second-order valence-corrected chi connectivity index (χ2v) is 5.46. The molecule has 1 heterocycles. The van der Waals surface area contributed by atoms with Crippen molar-refractivity contribution in [2.24, 2.45) is 4.99 Å². The van der Waals surface area contributed by atoms with Crippen LogP contribution in [0, 0.1) is 0 Å². The first-order valence-electron chi connectivity index (χ1n) is 8.49. The molecule has 0 fully saturated rings. The molecule has 0 saturated carbocycles. The molecule has 0 aliphatic rings. The quantitative estimate of drug-likeness (QED) is 0.355. The maximum Gasteiger partial charge on any atom is 0.191 e. The molecule has 0 radical (unpaired) electrons. The summed E-state index contributed by atoms with van der Waals surface area (Å²) in [5.41, 5.74) is 2.25. The number of benzene rings is 1. The first-order chi connectivity index (χ1) is 11.8. The second-order valence-electron chi connectivity index (χ2n) is 5.46. The van der Waals surface area contributed by atoms with Crippen molar-refractivity contribution in [3.8, 4) is 0 Å². The van der Waals surface area contributed by atoms with Crippen molar-refractivity contribution in [3.63, 3.8) is 0 Å². The van der Waals surface area contributed by atoms with Gasteiger partial charge in [-0.15, -0.1) is 0 Å². The van der Waals surface area contributed by atoms with Gasteiger partial charge in [0.15, 0.2) is 5.96 Å². The van der Waals surface area contributed by atoms with Crippen LogP contribution in [0.15, 0.2) is 35.3 Å². The van der Waals surface area contributed by atoms with Crippen LogP contribution in [0.1, 0.15) is 19.0 Å². The van der Waals surface area contributed by atoms with Gasteiger partial charge in [0.1, 0.15) is 0 Å². The zero-order valence-electron chi connectivity index (χ0n) is 14.6. The normalized spacial score (nSPS) is 11.8. The first-order valence-corrected chi connectivity index (χ1v) is 8.49. The summed E-state index contributed by atoms with van der Waals surface area (Å²) in [4.78, 5) is 8.02. The Morgan fingerprint density at radius 2 is 2.04 bits per heavy atom. The van der Waals surface area contributed by atoms with Crippen molar-refractivity contribution in [1.82, 2.24) is 15.6 Å². The molecule has 2 rings (SSSR count). The largest absolute Gasteiger partial charge is 0.382 e. The Balaban J connectivity index is 1.77. The van der Waals surface area contributed by atoms with Gasteiger partial charge in [-0.2, -0.15) is 0 Å². The Labute approximate surface area is 143 Å². The number of aromatic amines is 1. The van der Waals surface area contributed by atoms with Crippen molar-refractivity contribution in [2.75, 3.05) is 40.0 Å². The lowest BCUT2D eigenvalue weighted by atomic mass is 10.2. The van der Waals surface area contributed by atoms with Gasteiger partial charge >= 0.3 is 0 Å². The molecular formula is C18H28N4O2. The highest BCUT2D eigenvalue weighted by molar-refractivity contribution is 5.81. The predicted molar refractivity (Wildman–Crippen MR) is 98.4 cm³/mol. The van der Waals surface area contributed by atoms with E-state index in [9.17, 15) is 0 Å². The molecule has 3 N–H and O–H groups in total. The Hall–Kier alpha value is -2.05. The number of para-hydroxylation sites is 1. The minimum absolute atomic E-state index is 0.619. The maximum atomic E-state index is 5.45. The number of nitrogens with zero attached hydrogens (tertiary/aromatic N) is 1. The number of H-pyrrole nitrogens is 1. The number of methoxy groups -OCH3 is 1. The molecule has 0 atom stereocenters. The van der Waals surface area contributed by atoms with Gasteiger partial charge in [0.2, 0.25) is 0 Å². The molecule has 0 aliphatic heterocycles. The van der Waals surface area contributed by atoms with Crippen molar-refractivity contribution in [1.29, 1.82) is 0 Å². The number of aliphatic imine (C=N–C) groups is 1. The molecule has 6 nitrogen and oxygen atoms in total. The van der Waals surface area contributed by atoms with E-state index < -0.39 is 0 Å². The van der Waals surface area contributed by atoms with E-state index in [1.54, 1.807) is 7.11 Å². The van der Waals surface area contributed by atoms with Crippen molar-refractivity contribution in [2.45, 2.75) is 19.9 Å². The maximum absolute atomic E-state index is 5.45. The predicted octanol–water partition coefficient (Wildman–Crippen LogP) is 2.28. The Morgan fingerprint density at radius 1 is 1.17 bits per heavy atom.